The predicted octanol–water partition coefficient (Wildman–Crippen LogP) is 2.18. The summed E-state index contributed by atoms with van der Waals surface area (Å²) in [7, 11) is -3.42. The fraction of sp³-hybridized carbons (Fsp3) is 0.625. The maximum Gasteiger partial charge on any atom is 0.251 e. The third kappa shape index (κ3) is 3.41. The molecule has 1 N–H and O–H groups in total. The maximum atomic E-state index is 11.7. The van der Waals surface area contributed by atoms with Crippen LogP contribution in [0.2, 0.25) is 4.47 Å². The molecule has 1 aromatic rings. The van der Waals surface area contributed by atoms with Gasteiger partial charge in [-0.2, -0.15) is 0 Å². The number of halogens is 1. The van der Waals surface area contributed by atoms with Crippen LogP contribution in [0.1, 0.15) is 25.5 Å². The van der Waals surface area contributed by atoms with Crippen molar-refractivity contribution in [1.29, 1.82) is 0 Å². The molecule has 0 aliphatic carbocycles. The quantitative estimate of drug-likeness (QED) is 0.833. The highest BCUT2D eigenvalue weighted by Crippen LogP contribution is 2.26. The van der Waals surface area contributed by atoms with Gasteiger partial charge < -0.3 is 0 Å². The molecule has 86 valence electrons. The Morgan fingerprint density at radius 3 is 2.67 bits per heavy atom. The van der Waals surface area contributed by atoms with Gasteiger partial charge in [-0.3, -0.25) is 0 Å². The minimum absolute atomic E-state index is 0.212. The number of aromatic nitrogens is 1. The van der Waals surface area contributed by atoms with Gasteiger partial charge in [-0.05, 0) is 13.3 Å². The van der Waals surface area contributed by atoms with Gasteiger partial charge in [-0.25, -0.2) is 18.1 Å². The Bertz CT molecular complexity index is 428. The number of hydrogen-bond acceptors (Lipinski definition) is 4. The van der Waals surface area contributed by atoms with Crippen LogP contribution in [-0.4, -0.2) is 19.9 Å². The molecule has 0 fully saturated rings. The van der Waals surface area contributed by atoms with E-state index in [9.17, 15) is 8.42 Å². The monoisotopic (exact) mass is 268 g/mol. The molecule has 7 heteroatoms. The van der Waals surface area contributed by atoms with E-state index in [1.54, 1.807) is 6.92 Å². The first-order valence-corrected chi connectivity index (χ1v) is 7.27. The molecule has 4 nitrogen and oxygen atoms in total. The van der Waals surface area contributed by atoms with Gasteiger partial charge >= 0.3 is 0 Å². The minimum Gasteiger partial charge on any atom is -0.229 e. The number of aryl methyl sites for hydroxylation is 1. The Kier molecular flexibility index (Phi) is 4.51. The van der Waals surface area contributed by atoms with Gasteiger partial charge in [-0.1, -0.05) is 36.3 Å². The van der Waals surface area contributed by atoms with E-state index < -0.39 is 10.0 Å². The maximum absolute atomic E-state index is 11.7. The molecule has 1 heterocycles. The normalized spacial score (nSPS) is 11.9. The summed E-state index contributed by atoms with van der Waals surface area (Å²) in [5, 5.41) is 0. The highest BCUT2D eigenvalue weighted by Gasteiger charge is 2.20. The van der Waals surface area contributed by atoms with Gasteiger partial charge in [0.1, 0.15) is 0 Å². The van der Waals surface area contributed by atoms with Crippen LogP contribution in [0.15, 0.2) is 4.21 Å². The van der Waals surface area contributed by atoms with Crippen LogP contribution in [0.3, 0.4) is 0 Å². The average Bonchev–Trinajstić information content (AvgIpc) is 2.46. The summed E-state index contributed by atoms with van der Waals surface area (Å²) in [4.78, 5) is 3.87. The molecule has 0 unspecified atom stereocenters. The second kappa shape index (κ2) is 5.25. The zero-order valence-corrected chi connectivity index (χ0v) is 11.0. The topological polar surface area (TPSA) is 59.1 Å². The van der Waals surface area contributed by atoms with E-state index >= 15 is 0 Å². The molecule has 0 bridgehead atoms. The van der Waals surface area contributed by atoms with Crippen molar-refractivity contribution in [2.24, 2.45) is 0 Å². The molecule has 0 saturated carbocycles. The van der Waals surface area contributed by atoms with Gasteiger partial charge in [-0.15, -0.1) is 0 Å². The number of unbranched alkanes of at least 4 members (excludes halogenated alkanes) is 1. The van der Waals surface area contributed by atoms with E-state index in [1.807, 2.05) is 6.92 Å². The number of rotatable bonds is 5. The smallest absolute Gasteiger partial charge is 0.229 e. The second-order valence-electron chi connectivity index (χ2n) is 3.09. The van der Waals surface area contributed by atoms with E-state index in [0.717, 1.165) is 24.2 Å². The molecule has 0 aromatic carbocycles. The number of thiazole rings is 1. The van der Waals surface area contributed by atoms with Crippen LogP contribution in [0.5, 0.6) is 0 Å². The number of hydrogen-bond donors (Lipinski definition) is 1. The van der Waals surface area contributed by atoms with E-state index in [-0.39, 0.29) is 8.68 Å². The Balaban J connectivity index is 2.82. The third-order valence-electron chi connectivity index (χ3n) is 1.79. The Morgan fingerprint density at radius 1 is 1.53 bits per heavy atom. The van der Waals surface area contributed by atoms with Crippen LogP contribution in [-0.2, 0) is 10.0 Å². The van der Waals surface area contributed by atoms with Crippen molar-refractivity contribution in [3.05, 3.63) is 10.2 Å². The zero-order chi connectivity index (χ0) is 11.5. The van der Waals surface area contributed by atoms with Crippen LogP contribution in [0.4, 0.5) is 0 Å². The lowest BCUT2D eigenvalue weighted by atomic mass is 10.3. The van der Waals surface area contributed by atoms with E-state index in [2.05, 4.69) is 9.71 Å². The molecule has 0 spiro atoms. The summed E-state index contributed by atoms with van der Waals surface area (Å²) >= 11 is 6.63. The summed E-state index contributed by atoms with van der Waals surface area (Å²) in [6.45, 7) is 4.09. The van der Waals surface area contributed by atoms with Crippen molar-refractivity contribution >= 4 is 33.0 Å². The van der Waals surface area contributed by atoms with Crippen molar-refractivity contribution in [2.45, 2.75) is 30.9 Å². The van der Waals surface area contributed by atoms with Gasteiger partial charge in [0, 0.05) is 6.54 Å². The number of nitrogens with one attached hydrogen (secondary N) is 1. The first kappa shape index (κ1) is 12.9. The van der Waals surface area contributed by atoms with Crippen molar-refractivity contribution in [1.82, 2.24) is 9.71 Å². The molecular formula is C8H13ClN2O2S2. The summed E-state index contributed by atoms with van der Waals surface area (Å²) in [6.07, 6.45) is 1.77. The summed E-state index contributed by atoms with van der Waals surface area (Å²) < 4.78 is 26.5. The van der Waals surface area contributed by atoms with Crippen molar-refractivity contribution in [2.75, 3.05) is 6.54 Å². The molecule has 1 rings (SSSR count). The van der Waals surface area contributed by atoms with Crippen molar-refractivity contribution in [3.63, 3.8) is 0 Å². The first-order valence-electron chi connectivity index (χ1n) is 4.60. The molecule has 15 heavy (non-hydrogen) atoms. The van der Waals surface area contributed by atoms with E-state index in [1.165, 1.54) is 0 Å². The van der Waals surface area contributed by atoms with Crippen molar-refractivity contribution < 1.29 is 8.42 Å². The summed E-state index contributed by atoms with van der Waals surface area (Å²) in [5.74, 6) is 0. The molecule has 1 aromatic heterocycles. The second-order valence-corrected chi connectivity index (χ2v) is 6.63. The predicted molar refractivity (Wildman–Crippen MR) is 62.0 cm³/mol. The number of sulfonamides is 1. The molecule has 0 atom stereocenters. The lowest BCUT2D eigenvalue weighted by molar-refractivity contribution is 0.579. The fourth-order valence-corrected chi connectivity index (χ4v) is 3.90. The standard InChI is InChI=1S/C8H13ClN2O2S2/c1-3-4-5-10-15(12,13)7-6(2)11-8(9)14-7/h10H,3-5H2,1-2H3. The van der Waals surface area contributed by atoms with Gasteiger partial charge in [0.25, 0.3) is 10.0 Å². The fourth-order valence-electron chi connectivity index (χ4n) is 1.05. The molecule has 0 radical (unpaired) electrons. The summed E-state index contributed by atoms with van der Waals surface area (Å²) in [6, 6.07) is 0. The molecule has 0 amide bonds. The van der Waals surface area contributed by atoms with Crippen LogP contribution in [0.25, 0.3) is 0 Å². The highest BCUT2D eigenvalue weighted by molar-refractivity contribution is 7.91. The van der Waals surface area contributed by atoms with E-state index in [0.29, 0.717) is 12.2 Å². The Morgan fingerprint density at radius 2 is 2.20 bits per heavy atom. The molecule has 0 saturated heterocycles. The van der Waals surface area contributed by atoms with Crippen molar-refractivity contribution in [3.8, 4) is 0 Å². The molecular weight excluding hydrogens is 256 g/mol. The minimum atomic E-state index is -3.42. The summed E-state index contributed by atoms with van der Waals surface area (Å²) in [5.41, 5.74) is 0.453. The van der Waals surface area contributed by atoms with Gasteiger partial charge in [0.15, 0.2) is 8.68 Å². The van der Waals surface area contributed by atoms with Gasteiger partial charge in [0.05, 0.1) is 5.69 Å². The highest BCUT2D eigenvalue weighted by atomic mass is 35.5. The Hall–Kier alpha value is -0.170. The van der Waals surface area contributed by atoms with Crippen LogP contribution >= 0.6 is 22.9 Å². The van der Waals surface area contributed by atoms with Crippen LogP contribution in [0, 0.1) is 6.92 Å². The molecule has 0 aliphatic heterocycles. The lowest BCUT2D eigenvalue weighted by Crippen LogP contribution is -2.24. The SMILES string of the molecule is CCCCNS(=O)(=O)c1sc(Cl)nc1C. The zero-order valence-electron chi connectivity index (χ0n) is 8.58. The van der Waals surface area contributed by atoms with Crippen LogP contribution < -0.4 is 4.72 Å². The lowest BCUT2D eigenvalue weighted by Gasteiger charge is -2.03. The van der Waals surface area contributed by atoms with Gasteiger partial charge in [0.2, 0.25) is 0 Å². The first-order chi connectivity index (χ1) is 6.97. The van der Waals surface area contributed by atoms with E-state index in [4.69, 9.17) is 11.6 Å². The largest absolute Gasteiger partial charge is 0.251 e. The molecule has 0 aliphatic rings. The third-order valence-corrected chi connectivity index (χ3v) is 5.13. The number of nitrogens with zero attached hydrogens (tertiary/aromatic N) is 1. The Labute approximate surface area is 98.7 Å². The average molecular weight is 269 g/mol.